The van der Waals surface area contributed by atoms with Crippen LogP contribution in [-0.4, -0.2) is 119 Å². The van der Waals surface area contributed by atoms with Gasteiger partial charge in [-0.2, -0.15) is 4.31 Å². The minimum Gasteiger partial charge on any atom is -0.494 e. The standard InChI is InChI=1S/C28H36N6O6S2.ClH/c1-3-40-28(36)33-17-19-34(20-18-33)42(37,38)22-9-7-21(8-10-22)26(35)29-11-12-31-13-15-32(16-14-31)27-30-25-23(39-2)5-4-6-24(25)41-27;/h4-10H,3,11-20H2,1-2H3,(H,29,35);1H. The summed E-state index contributed by atoms with van der Waals surface area (Å²) in [5.74, 6) is 0.538. The van der Waals surface area contributed by atoms with E-state index < -0.39 is 16.1 Å². The second-order valence-electron chi connectivity index (χ2n) is 10.0. The first-order valence-corrected chi connectivity index (χ1v) is 16.3. The average Bonchev–Trinajstić information content (AvgIpc) is 3.46. The number of benzene rings is 2. The number of methoxy groups -OCH3 is 1. The highest BCUT2D eigenvalue weighted by molar-refractivity contribution is 7.89. The molecule has 0 unspecified atom stereocenters. The van der Waals surface area contributed by atoms with Crippen LogP contribution in [0.25, 0.3) is 10.2 Å². The number of nitrogens with one attached hydrogen (secondary N) is 1. The van der Waals surface area contributed by atoms with Gasteiger partial charge in [-0.3, -0.25) is 9.69 Å². The number of rotatable bonds is 9. The maximum absolute atomic E-state index is 13.1. The van der Waals surface area contributed by atoms with E-state index in [1.165, 1.54) is 33.5 Å². The molecule has 2 aromatic carbocycles. The van der Waals surface area contributed by atoms with Crippen LogP contribution in [-0.2, 0) is 14.8 Å². The molecule has 0 spiro atoms. The van der Waals surface area contributed by atoms with Crippen molar-refractivity contribution < 1.29 is 27.5 Å². The maximum Gasteiger partial charge on any atom is 0.409 e. The van der Waals surface area contributed by atoms with E-state index in [0.717, 1.165) is 53.8 Å². The Kier molecular flexibility index (Phi) is 11.1. The Bertz CT molecular complexity index is 1500. The molecule has 2 saturated heterocycles. The molecule has 0 bridgehead atoms. The molecule has 2 amide bonds. The van der Waals surface area contributed by atoms with E-state index in [2.05, 4.69) is 21.2 Å². The van der Waals surface area contributed by atoms with Crippen molar-refractivity contribution in [2.24, 2.45) is 0 Å². The molecule has 1 N–H and O–H groups in total. The third kappa shape index (κ3) is 7.50. The lowest BCUT2D eigenvalue weighted by Crippen LogP contribution is -2.50. The Balaban J connectivity index is 0.00000423. The summed E-state index contributed by atoms with van der Waals surface area (Å²) >= 11 is 1.67. The molecule has 0 atom stereocenters. The first kappa shape index (κ1) is 32.7. The number of carbonyl (C=O) groups excluding carboxylic acids is 2. The largest absolute Gasteiger partial charge is 0.494 e. The van der Waals surface area contributed by atoms with Crippen LogP contribution >= 0.6 is 23.7 Å². The van der Waals surface area contributed by atoms with Crippen molar-refractivity contribution in [1.82, 2.24) is 24.4 Å². The molecular formula is C28H37ClN6O6S2. The number of ether oxygens (including phenoxy) is 2. The van der Waals surface area contributed by atoms with Crippen molar-refractivity contribution in [2.45, 2.75) is 11.8 Å². The molecule has 43 heavy (non-hydrogen) atoms. The molecule has 0 radical (unpaired) electrons. The normalized spacial score (nSPS) is 16.5. The van der Waals surface area contributed by atoms with Gasteiger partial charge in [0.05, 0.1) is 23.3 Å². The lowest BCUT2D eigenvalue weighted by atomic mass is 10.2. The van der Waals surface area contributed by atoms with Gasteiger partial charge in [0.25, 0.3) is 5.91 Å². The Morgan fingerprint density at radius 3 is 2.33 bits per heavy atom. The summed E-state index contributed by atoms with van der Waals surface area (Å²) in [6, 6.07) is 11.9. The van der Waals surface area contributed by atoms with Crippen molar-refractivity contribution >= 4 is 61.1 Å². The molecule has 2 fully saturated rings. The third-order valence-electron chi connectivity index (χ3n) is 7.47. The summed E-state index contributed by atoms with van der Waals surface area (Å²) in [4.78, 5) is 35.6. The number of aromatic nitrogens is 1. The molecule has 5 rings (SSSR count). The summed E-state index contributed by atoms with van der Waals surface area (Å²) in [5.41, 5.74) is 1.29. The highest BCUT2D eigenvalue weighted by atomic mass is 35.5. The van der Waals surface area contributed by atoms with Crippen LogP contribution in [0.2, 0.25) is 0 Å². The van der Waals surface area contributed by atoms with Crippen LogP contribution in [0.4, 0.5) is 9.93 Å². The zero-order chi connectivity index (χ0) is 29.7. The van der Waals surface area contributed by atoms with Crippen molar-refractivity contribution in [3.63, 3.8) is 0 Å². The van der Waals surface area contributed by atoms with E-state index in [-0.39, 0.29) is 56.0 Å². The van der Waals surface area contributed by atoms with E-state index in [0.29, 0.717) is 12.1 Å². The Hall–Kier alpha value is -3.17. The molecule has 2 aliphatic rings. The van der Waals surface area contributed by atoms with Crippen molar-refractivity contribution in [3.8, 4) is 5.75 Å². The van der Waals surface area contributed by atoms with Gasteiger partial charge in [-0.15, -0.1) is 12.4 Å². The number of carbonyl (C=O) groups is 2. The molecule has 2 aliphatic heterocycles. The Morgan fingerprint density at radius 2 is 1.67 bits per heavy atom. The lowest BCUT2D eigenvalue weighted by Gasteiger charge is -2.34. The first-order valence-electron chi connectivity index (χ1n) is 14.0. The van der Waals surface area contributed by atoms with Crippen LogP contribution < -0.4 is 15.0 Å². The van der Waals surface area contributed by atoms with Crippen LogP contribution in [0.5, 0.6) is 5.75 Å². The average molecular weight is 653 g/mol. The molecule has 1 aromatic heterocycles. The zero-order valence-electron chi connectivity index (χ0n) is 24.2. The van der Waals surface area contributed by atoms with Crippen LogP contribution in [0.3, 0.4) is 0 Å². The summed E-state index contributed by atoms with van der Waals surface area (Å²) < 4.78 is 39.1. The number of piperazine rings is 2. The van der Waals surface area contributed by atoms with Gasteiger partial charge in [-0.25, -0.2) is 18.2 Å². The number of hydrogen-bond acceptors (Lipinski definition) is 10. The van der Waals surface area contributed by atoms with Crippen molar-refractivity contribution in [3.05, 3.63) is 48.0 Å². The summed E-state index contributed by atoms with van der Waals surface area (Å²) in [5, 5.41) is 3.93. The lowest BCUT2D eigenvalue weighted by molar-refractivity contribution is 0.0932. The smallest absolute Gasteiger partial charge is 0.409 e. The number of amides is 2. The Labute approximate surface area is 262 Å². The van der Waals surface area contributed by atoms with E-state index in [1.807, 2.05) is 12.1 Å². The van der Waals surface area contributed by atoms with Gasteiger partial charge < -0.3 is 24.6 Å². The number of anilines is 1. The third-order valence-corrected chi connectivity index (χ3v) is 10.5. The fourth-order valence-electron chi connectivity index (χ4n) is 5.06. The highest BCUT2D eigenvalue weighted by Gasteiger charge is 2.30. The number of nitrogens with zero attached hydrogens (tertiary/aromatic N) is 5. The predicted molar refractivity (Wildman–Crippen MR) is 168 cm³/mol. The van der Waals surface area contributed by atoms with Crippen LogP contribution in [0, 0.1) is 0 Å². The van der Waals surface area contributed by atoms with Gasteiger partial charge in [-0.05, 0) is 43.3 Å². The molecular weight excluding hydrogens is 616 g/mol. The quantitative estimate of drug-likeness (QED) is 0.372. The van der Waals surface area contributed by atoms with Gasteiger partial charge in [-0.1, -0.05) is 17.4 Å². The van der Waals surface area contributed by atoms with Crippen molar-refractivity contribution in [1.29, 1.82) is 0 Å². The summed E-state index contributed by atoms with van der Waals surface area (Å²) in [6.07, 6.45) is -0.432. The SMILES string of the molecule is CCOC(=O)N1CCN(S(=O)(=O)c2ccc(C(=O)NCCN3CCN(c4nc5c(OC)cccc5s4)CC3)cc2)CC1.Cl. The molecule has 3 aromatic rings. The minimum absolute atomic E-state index is 0. The fourth-order valence-corrected chi connectivity index (χ4v) is 7.51. The van der Waals surface area contributed by atoms with Crippen LogP contribution in [0.1, 0.15) is 17.3 Å². The number of hydrogen-bond donors (Lipinski definition) is 1. The molecule has 15 heteroatoms. The molecule has 0 saturated carbocycles. The van der Waals surface area contributed by atoms with E-state index >= 15 is 0 Å². The highest BCUT2D eigenvalue weighted by Crippen LogP contribution is 2.34. The van der Waals surface area contributed by atoms with Crippen LogP contribution in [0.15, 0.2) is 47.4 Å². The summed E-state index contributed by atoms with van der Waals surface area (Å²) in [7, 11) is -2.07. The zero-order valence-corrected chi connectivity index (χ0v) is 26.7. The van der Waals surface area contributed by atoms with Crippen molar-refractivity contribution in [2.75, 3.05) is 84.1 Å². The van der Waals surface area contributed by atoms with Gasteiger partial charge in [0.2, 0.25) is 10.0 Å². The molecule has 234 valence electrons. The number of thiazole rings is 1. The fraction of sp³-hybridized carbons (Fsp3) is 0.464. The number of halogens is 1. The maximum atomic E-state index is 13.1. The predicted octanol–water partition coefficient (Wildman–Crippen LogP) is 2.74. The number of fused-ring (bicyclic) bond motifs is 1. The number of para-hydroxylation sites is 1. The first-order chi connectivity index (χ1) is 20.3. The van der Waals surface area contributed by atoms with Gasteiger partial charge in [0, 0.05) is 71.0 Å². The van der Waals surface area contributed by atoms with Gasteiger partial charge in [0.15, 0.2) is 5.13 Å². The topological polar surface area (TPSA) is 125 Å². The van der Waals surface area contributed by atoms with E-state index in [4.69, 9.17) is 14.5 Å². The summed E-state index contributed by atoms with van der Waals surface area (Å²) in [6.45, 7) is 7.56. The monoisotopic (exact) mass is 652 g/mol. The Morgan fingerprint density at radius 1 is 0.977 bits per heavy atom. The van der Waals surface area contributed by atoms with Gasteiger partial charge >= 0.3 is 6.09 Å². The second kappa shape index (κ2) is 14.5. The van der Waals surface area contributed by atoms with E-state index in [1.54, 1.807) is 25.4 Å². The molecule has 12 nitrogen and oxygen atoms in total. The number of sulfonamides is 1. The second-order valence-corrected chi connectivity index (χ2v) is 12.9. The van der Waals surface area contributed by atoms with E-state index in [9.17, 15) is 18.0 Å². The minimum atomic E-state index is -3.73. The molecule has 0 aliphatic carbocycles. The van der Waals surface area contributed by atoms with Gasteiger partial charge in [0.1, 0.15) is 11.3 Å². The molecule has 3 heterocycles.